The summed E-state index contributed by atoms with van der Waals surface area (Å²) in [7, 11) is 1.86. The molecule has 1 aliphatic rings. The van der Waals surface area contributed by atoms with Crippen molar-refractivity contribution in [2.75, 3.05) is 30.4 Å². The number of para-hydroxylation sites is 3. The van der Waals surface area contributed by atoms with Crippen LogP contribution in [-0.2, 0) is 11.2 Å². The Morgan fingerprint density at radius 1 is 1.08 bits per heavy atom. The molecule has 0 bridgehead atoms. The minimum atomic E-state index is -0.0704. The summed E-state index contributed by atoms with van der Waals surface area (Å²) in [6.45, 7) is 3.54. The first-order valence-corrected chi connectivity index (χ1v) is 8.10. The molecule has 0 aromatic heterocycles. The van der Waals surface area contributed by atoms with Gasteiger partial charge in [-0.25, -0.2) is 0 Å². The third kappa shape index (κ3) is 4.66. The van der Waals surface area contributed by atoms with Crippen LogP contribution in [0.15, 0.2) is 48.5 Å². The van der Waals surface area contributed by atoms with E-state index in [-0.39, 0.29) is 36.6 Å². The van der Waals surface area contributed by atoms with Crippen molar-refractivity contribution in [3.8, 4) is 0 Å². The molecule has 0 spiro atoms. The fourth-order valence-corrected chi connectivity index (χ4v) is 3.06. The van der Waals surface area contributed by atoms with Gasteiger partial charge in [0, 0.05) is 24.7 Å². The first kappa shape index (κ1) is 21.3. The average Bonchev–Trinajstić information content (AvgIpc) is 2.99. The molecule has 0 saturated carbocycles. The number of carbonyl (C=O) groups excluding carboxylic acids is 1. The van der Waals surface area contributed by atoms with Gasteiger partial charge in [0.05, 0.1) is 11.4 Å². The molecule has 3 rings (SSSR count). The second-order valence-electron chi connectivity index (χ2n) is 6.00. The van der Waals surface area contributed by atoms with Crippen LogP contribution in [0.1, 0.15) is 12.5 Å². The Balaban J connectivity index is 0.00000156. The zero-order valence-corrected chi connectivity index (χ0v) is 16.1. The smallest absolute Gasteiger partial charge is 0.228 e. The molecule has 1 aliphatic heterocycles. The predicted octanol–water partition coefficient (Wildman–Crippen LogP) is 4.02. The van der Waals surface area contributed by atoms with Crippen LogP contribution in [0.5, 0.6) is 0 Å². The molecule has 136 valence electrons. The number of benzene rings is 2. The molecule has 1 atom stereocenters. The minimum absolute atomic E-state index is 0. The number of hydrogen-bond donors (Lipinski definition) is 2. The van der Waals surface area contributed by atoms with E-state index in [1.54, 1.807) is 0 Å². The van der Waals surface area contributed by atoms with E-state index in [1.165, 1.54) is 11.3 Å². The quantitative estimate of drug-likeness (QED) is 0.821. The Morgan fingerprint density at radius 2 is 1.72 bits per heavy atom. The molecule has 1 heterocycles. The number of nitrogens with one attached hydrogen (secondary N) is 2. The Morgan fingerprint density at radius 3 is 2.44 bits per heavy atom. The molecule has 4 nitrogen and oxygen atoms in total. The molecule has 6 heteroatoms. The number of carbonyl (C=O) groups is 1. The second-order valence-corrected chi connectivity index (χ2v) is 6.00. The van der Waals surface area contributed by atoms with Gasteiger partial charge in [-0.2, -0.15) is 0 Å². The van der Waals surface area contributed by atoms with Crippen molar-refractivity contribution < 1.29 is 4.79 Å². The van der Waals surface area contributed by atoms with E-state index < -0.39 is 0 Å². The van der Waals surface area contributed by atoms with Crippen LogP contribution in [-0.4, -0.2) is 26.0 Å². The summed E-state index contributed by atoms with van der Waals surface area (Å²) in [6, 6.07) is 16.5. The zero-order valence-electron chi connectivity index (χ0n) is 14.5. The molecule has 2 N–H and O–H groups in total. The van der Waals surface area contributed by atoms with Crippen LogP contribution in [0.3, 0.4) is 0 Å². The topological polar surface area (TPSA) is 44.4 Å². The van der Waals surface area contributed by atoms with Crippen LogP contribution >= 0.6 is 24.8 Å². The second kappa shape index (κ2) is 9.66. The van der Waals surface area contributed by atoms with Crippen LogP contribution in [0.2, 0.25) is 0 Å². The van der Waals surface area contributed by atoms with Gasteiger partial charge in [0.1, 0.15) is 0 Å². The summed E-state index contributed by atoms with van der Waals surface area (Å²) in [5.74, 6) is -0.0294. The van der Waals surface area contributed by atoms with Gasteiger partial charge in [-0.15, -0.1) is 24.8 Å². The number of nitrogens with zero attached hydrogens (tertiary/aromatic N) is 1. The molecule has 0 aliphatic carbocycles. The van der Waals surface area contributed by atoms with Gasteiger partial charge in [-0.05, 0) is 37.2 Å². The lowest BCUT2D eigenvalue weighted by Crippen LogP contribution is -2.29. The molecule has 25 heavy (non-hydrogen) atoms. The third-order valence-electron chi connectivity index (χ3n) is 4.30. The number of anilines is 3. The van der Waals surface area contributed by atoms with Crippen LogP contribution in [0, 0.1) is 5.92 Å². The monoisotopic (exact) mass is 381 g/mol. The Kier molecular flexibility index (Phi) is 8.23. The molecular formula is C19H25Cl2N3O. The number of hydrogen-bond acceptors (Lipinski definition) is 3. The summed E-state index contributed by atoms with van der Waals surface area (Å²) >= 11 is 0. The van der Waals surface area contributed by atoms with Crippen LogP contribution in [0.4, 0.5) is 17.1 Å². The molecule has 1 amide bonds. The Labute approximate surface area is 161 Å². The molecule has 2 aromatic rings. The first-order valence-electron chi connectivity index (χ1n) is 8.10. The van der Waals surface area contributed by atoms with E-state index in [9.17, 15) is 4.79 Å². The van der Waals surface area contributed by atoms with Gasteiger partial charge in [-0.3, -0.25) is 4.79 Å². The summed E-state index contributed by atoms with van der Waals surface area (Å²) in [4.78, 5) is 14.6. The first-order chi connectivity index (χ1) is 11.2. The van der Waals surface area contributed by atoms with Crippen LogP contribution in [0.25, 0.3) is 0 Å². The molecule has 0 fully saturated rings. The van der Waals surface area contributed by atoms with Gasteiger partial charge in [0.25, 0.3) is 0 Å². The van der Waals surface area contributed by atoms with Crippen molar-refractivity contribution in [3.63, 3.8) is 0 Å². The van der Waals surface area contributed by atoms with Gasteiger partial charge in [0.2, 0.25) is 5.91 Å². The van der Waals surface area contributed by atoms with Crippen molar-refractivity contribution in [3.05, 3.63) is 54.1 Å². The largest absolute Gasteiger partial charge is 0.339 e. The highest BCUT2D eigenvalue weighted by Gasteiger charge is 2.22. The molecular weight excluding hydrogens is 357 g/mol. The van der Waals surface area contributed by atoms with Crippen molar-refractivity contribution >= 4 is 47.8 Å². The average molecular weight is 382 g/mol. The highest BCUT2D eigenvalue weighted by atomic mass is 35.5. The van der Waals surface area contributed by atoms with E-state index in [1.807, 2.05) is 32.2 Å². The highest BCUT2D eigenvalue weighted by molar-refractivity contribution is 5.96. The van der Waals surface area contributed by atoms with E-state index in [0.717, 1.165) is 24.3 Å². The maximum absolute atomic E-state index is 12.3. The van der Waals surface area contributed by atoms with Gasteiger partial charge < -0.3 is 15.5 Å². The zero-order chi connectivity index (χ0) is 16.2. The lowest BCUT2D eigenvalue weighted by molar-refractivity contribution is -0.119. The maximum atomic E-state index is 12.3. The van der Waals surface area contributed by atoms with Crippen LogP contribution < -0.4 is 15.5 Å². The molecule has 0 radical (unpaired) electrons. The lowest BCUT2D eigenvalue weighted by atomic mass is 10.1. The fraction of sp³-hybridized carbons (Fsp3) is 0.316. The molecule has 2 aromatic carbocycles. The van der Waals surface area contributed by atoms with E-state index >= 15 is 0 Å². The Bertz CT molecular complexity index is 709. The van der Waals surface area contributed by atoms with E-state index in [2.05, 4.69) is 45.9 Å². The fourth-order valence-electron chi connectivity index (χ4n) is 3.06. The SMILES string of the molecule is CNCC(C)C(=O)Nc1ccccc1N1CCc2ccccc21.Cl.Cl. The standard InChI is InChI=1S/C19H23N3O.2ClH/c1-14(13-20-2)19(23)21-16-8-4-6-10-18(16)22-12-11-15-7-3-5-9-17(15)22;;/h3-10,14,20H,11-13H2,1-2H3,(H,21,23);2*1H. The molecule has 1 unspecified atom stereocenters. The lowest BCUT2D eigenvalue weighted by Gasteiger charge is -2.23. The minimum Gasteiger partial charge on any atom is -0.339 e. The molecule has 0 saturated heterocycles. The van der Waals surface area contributed by atoms with Gasteiger partial charge >= 0.3 is 0 Å². The van der Waals surface area contributed by atoms with Gasteiger partial charge in [0.15, 0.2) is 0 Å². The Hall–Kier alpha value is -1.75. The number of halogens is 2. The summed E-state index contributed by atoms with van der Waals surface area (Å²) in [6.07, 6.45) is 1.04. The maximum Gasteiger partial charge on any atom is 0.228 e. The van der Waals surface area contributed by atoms with Crippen molar-refractivity contribution in [1.82, 2.24) is 5.32 Å². The number of fused-ring (bicyclic) bond motifs is 1. The van der Waals surface area contributed by atoms with E-state index in [0.29, 0.717) is 6.54 Å². The summed E-state index contributed by atoms with van der Waals surface area (Å²) in [5, 5.41) is 6.13. The number of amides is 1. The predicted molar refractivity (Wildman–Crippen MR) is 110 cm³/mol. The van der Waals surface area contributed by atoms with Gasteiger partial charge in [-0.1, -0.05) is 37.3 Å². The highest BCUT2D eigenvalue weighted by Crippen LogP contribution is 2.38. The number of rotatable bonds is 5. The normalized spacial score (nSPS) is 13.3. The van der Waals surface area contributed by atoms with E-state index in [4.69, 9.17) is 0 Å². The van der Waals surface area contributed by atoms with Crippen molar-refractivity contribution in [2.45, 2.75) is 13.3 Å². The van der Waals surface area contributed by atoms with Crippen molar-refractivity contribution in [1.29, 1.82) is 0 Å². The summed E-state index contributed by atoms with van der Waals surface area (Å²) < 4.78 is 0. The third-order valence-corrected chi connectivity index (χ3v) is 4.30. The summed E-state index contributed by atoms with van der Waals surface area (Å²) in [5.41, 5.74) is 4.52. The van der Waals surface area contributed by atoms with Crippen molar-refractivity contribution in [2.24, 2.45) is 5.92 Å².